The Labute approximate surface area is 225 Å². The summed E-state index contributed by atoms with van der Waals surface area (Å²) in [7, 11) is -3.73. The smallest absolute Gasteiger partial charge is 0.409 e. The van der Waals surface area contributed by atoms with Crippen LogP contribution in [0.25, 0.3) is 0 Å². The number of rotatable bonds is 5. The molecule has 0 saturated carbocycles. The first-order chi connectivity index (χ1) is 17.8. The summed E-state index contributed by atoms with van der Waals surface area (Å²) >= 11 is 5.96. The fourth-order valence-electron chi connectivity index (χ4n) is 6.08. The monoisotopic (exact) mass is 545 g/mol. The number of hydrogen-bond acceptors (Lipinski definition) is 5. The Morgan fingerprint density at radius 1 is 0.973 bits per heavy atom. The highest BCUT2D eigenvalue weighted by Gasteiger charge is 2.39. The molecule has 2 saturated heterocycles. The van der Waals surface area contributed by atoms with Gasteiger partial charge in [0.1, 0.15) is 6.61 Å². The van der Waals surface area contributed by atoms with Crippen LogP contribution in [0.15, 0.2) is 53.4 Å². The molecule has 0 bridgehead atoms. The standard InChI is InChI=1S/C28H36ClN3O4S/c1-21-5-4-8-26(32(21)37(34,35)27-11-9-24(29)10-12-27)20-36-28(33)30-17-14-25(15-18-30)31-16-13-22-6-2-3-7-23(22)19-31/h2-3,6-7,9-12,21,25-26H,4-5,8,13-20H2,1H3/t21-,26-/m1/s1. The van der Waals surface area contributed by atoms with E-state index in [9.17, 15) is 13.2 Å². The van der Waals surface area contributed by atoms with Gasteiger partial charge in [0.15, 0.2) is 0 Å². The van der Waals surface area contributed by atoms with E-state index in [-0.39, 0.29) is 29.7 Å². The van der Waals surface area contributed by atoms with Gasteiger partial charge in [-0.05, 0) is 74.4 Å². The summed E-state index contributed by atoms with van der Waals surface area (Å²) in [6.45, 7) is 5.35. The second-order valence-corrected chi connectivity index (χ2v) is 12.8. The molecule has 0 radical (unpaired) electrons. The molecule has 0 N–H and O–H groups in total. The number of carbonyl (C=O) groups is 1. The molecule has 2 fully saturated rings. The van der Waals surface area contributed by atoms with Crippen molar-refractivity contribution in [3.05, 3.63) is 64.7 Å². The summed E-state index contributed by atoms with van der Waals surface area (Å²) in [6, 6.07) is 14.8. The Balaban J connectivity index is 1.16. The molecule has 0 spiro atoms. The lowest BCUT2D eigenvalue weighted by atomic mass is 9.95. The van der Waals surface area contributed by atoms with Gasteiger partial charge in [-0.15, -0.1) is 0 Å². The maximum atomic E-state index is 13.5. The van der Waals surface area contributed by atoms with E-state index in [0.29, 0.717) is 30.6 Å². The number of amides is 1. The van der Waals surface area contributed by atoms with Crippen LogP contribution in [0.4, 0.5) is 4.79 Å². The highest BCUT2D eigenvalue weighted by Crippen LogP contribution is 2.31. The van der Waals surface area contributed by atoms with Crippen LogP contribution in [0.3, 0.4) is 0 Å². The van der Waals surface area contributed by atoms with E-state index in [0.717, 1.165) is 45.2 Å². The fraction of sp³-hybridized carbons (Fsp3) is 0.536. The first-order valence-corrected chi connectivity index (χ1v) is 15.2. The molecule has 3 heterocycles. The van der Waals surface area contributed by atoms with Gasteiger partial charge < -0.3 is 9.64 Å². The lowest BCUT2D eigenvalue weighted by molar-refractivity contribution is 0.0473. The molecule has 3 aliphatic heterocycles. The number of hydrogen-bond donors (Lipinski definition) is 0. The lowest BCUT2D eigenvalue weighted by Gasteiger charge is -2.41. The van der Waals surface area contributed by atoms with Gasteiger partial charge >= 0.3 is 6.09 Å². The van der Waals surface area contributed by atoms with E-state index in [4.69, 9.17) is 16.3 Å². The van der Waals surface area contributed by atoms with Crippen LogP contribution in [-0.4, -0.2) is 73.0 Å². The number of sulfonamides is 1. The van der Waals surface area contributed by atoms with Crippen LogP contribution < -0.4 is 0 Å². The molecule has 200 valence electrons. The Morgan fingerprint density at radius 2 is 1.68 bits per heavy atom. The van der Waals surface area contributed by atoms with E-state index in [2.05, 4.69) is 29.2 Å². The van der Waals surface area contributed by atoms with Crippen molar-refractivity contribution in [1.82, 2.24) is 14.1 Å². The molecule has 1 amide bonds. The van der Waals surface area contributed by atoms with Crippen LogP contribution in [0.2, 0.25) is 5.02 Å². The third-order valence-electron chi connectivity index (χ3n) is 8.14. The van der Waals surface area contributed by atoms with E-state index < -0.39 is 10.0 Å². The number of nitrogens with zero attached hydrogens (tertiary/aromatic N) is 3. The highest BCUT2D eigenvalue weighted by molar-refractivity contribution is 7.89. The zero-order valence-electron chi connectivity index (χ0n) is 21.4. The third kappa shape index (κ3) is 5.82. The van der Waals surface area contributed by atoms with Gasteiger partial charge in [0.2, 0.25) is 10.0 Å². The minimum atomic E-state index is -3.73. The predicted octanol–water partition coefficient (Wildman–Crippen LogP) is 4.93. The molecular weight excluding hydrogens is 510 g/mol. The predicted molar refractivity (Wildman–Crippen MR) is 144 cm³/mol. The zero-order valence-corrected chi connectivity index (χ0v) is 23.0. The van der Waals surface area contributed by atoms with Gasteiger partial charge in [-0.2, -0.15) is 4.31 Å². The van der Waals surface area contributed by atoms with Crippen molar-refractivity contribution < 1.29 is 17.9 Å². The summed E-state index contributed by atoms with van der Waals surface area (Å²) in [5.74, 6) is 0. The molecule has 0 unspecified atom stereocenters. The number of ether oxygens (including phenoxy) is 1. The molecule has 7 nitrogen and oxygen atoms in total. The van der Waals surface area contributed by atoms with Crippen molar-refractivity contribution in [2.24, 2.45) is 0 Å². The van der Waals surface area contributed by atoms with Crippen LogP contribution >= 0.6 is 11.6 Å². The second-order valence-electron chi connectivity index (χ2n) is 10.5. The molecule has 37 heavy (non-hydrogen) atoms. The van der Waals surface area contributed by atoms with Crippen molar-refractivity contribution in [3.8, 4) is 0 Å². The maximum Gasteiger partial charge on any atom is 0.409 e. The van der Waals surface area contributed by atoms with Gasteiger partial charge in [0.05, 0.1) is 10.9 Å². The van der Waals surface area contributed by atoms with Crippen LogP contribution in [0.5, 0.6) is 0 Å². The van der Waals surface area contributed by atoms with Gasteiger partial charge in [-0.3, -0.25) is 4.90 Å². The van der Waals surface area contributed by atoms with Crippen molar-refractivity contribution in [2.45, 2.75) is 75.0 Å². The minimum absolute atomic E-state index is 0.0683. The Morgan fingerprint density at radius 3 is 2.41 bits per heavy atom. The van der Waals surface area contributed by atoms with Crippen LogP contribution in [-0.2, 0) is 27.7 Å². The molecule has 2 aromatic carbocycles. The van der Waals surface area contributed by atoms with E-state index in [1.807, 2.05) is 6.92 Å². The first-order valence-electron chi connectivity index (χ1n) is 13.3. The normalized spacial score (nSPS) is 24.0. The van der Waals surface area contributed by atoms with Gasteiger partial charge in [0.25, 0.3) is 0 Å². The Hall–Kier alpha value is -2.13. The summed E-state index contributed by atoms with van der Waals surface area (Å²) in [4.78, 5) is 17.5. The third-order valence-corrected chi connectivity index (χ3v) is 10.5. The SMILES string of the molecule is C[C@@H]1CCC[C@H](COC(=O)N2CCC(N3CCc4ccccc4C3)CC2)N1S(=O)(=O)c1ccc(Cl)cc1. The maximum absolute atomic E-state index is 13.5. The number of likely N-dealkylation sites (tertiary alicyclic amines) is 1. The molecule has 2 aromatic rings. The zero-order chi connectivity index (χ0) is 26.0. The number of carbonyl (C=O) groups excluding carboxylic acids is 1. The second kappa shape index (κ2) is 11.3. The van der Waals surface area contributed by atoms with E-state index in [1.165, 1.54) is 27.6 Å². The van der Waals surface area contributed by atoms with Crippen LogP contribution in [0, 0.1) is 0 Å². The van der Waals surface area contributed by atoms with Gasteiger partial charge in [0, 0.05) is 43.3 Å². The van der Waals surface area contributed by atoms with Gasteiger partial charge in [-0.25, -0.2) is 13.2 Å². The van der Waals surface area contributed by atoms with E-state index >= 15 is 0 Å². The van der Waals surface area contributed by atoms with Crippen LogP contribution in [0.1, 0.15) is 50.2 Å². The Kier molecular flexibility index (Phi) is 8.10. The summed E-state index contributed by atoms with van der Waals surface area (Å²) in [5.41, 5.74) is 2.86. The number of halogens is 1. The van der Waals surface area contributed by atoms with E-state index in [1.54, 1.807) is 17.0 Å². The Bertz CT molecular complexity index is 1200. The molecule has 0 aromatic heterocycles. The molecule has 3 aliphatic rings. The van der Waals surface area contributed by atoms with Crippen molar-refractivity contribution in [1.29, 1.82) is 0 Å². The summed E-state index contributed by atoms with van der Waals surface area (Å²) in [5, 5.41) is 0.491. The summed E-state index contributed by atoms with van der Waals surface area (Å²) < 4.78 is 34.2. The molecule has 9 heteroatoms. The quantitative estimate of drug-likeness (QED) is 0.533. The van der Waals surface area contributed by atoms with Gasteiger partial charge in [-0.1, -0.05) is 42.3 Å². The largest absolute Gasteiger partial charge is 0.448 e. The highest BCUT2D eigenvalue weighted by atomic mass is 35.5. The molecule has 0 aliphatic carbocycles. The number of benzene rings is 2. The average molecular weight is 546 g/mol. The summed E-state index contributed by atoms with van der Waals surface area (Å²) in [6.07, 6.45) is 4.94. The molecule has 5 rings (SSSR count). The topological polar surface area (TPSA) is 70.2 Å². The number of piperidine rings is 2. The average Bonchev–Trinajstić information content (AvgIpc) is 2.91. The van der Waals surface area contributed by atoms with Crippen molar-refractivity contribution in [3.63, 3.8) is 0 Å². The molecular formula is C28H36ClN3O4S. The molecule has 2 atom stereocenters. The first kappa shape index (κ1) is 26.5. The van der Waals surface area contributed by atoms with Crippen molar-refractivity contribution >= 4 is 27.7 Å². The fourth-order valence-corrected chi connectivity index (χ4v) is 8.07. The van der Waals surface area contributed by atoms with Crippen molar-refractivity contribution in [2.75, 3.05) is 26.2 Å². The number of fused-ring (bicyclic) bond motifs is 1. The minimum Gasteiger partial charge on any atom is -0.448 e. The lowest BCUT2D eigenvalue weighted by Crippen LogP contribution is -2.52.